The fourth-order valence-electron chi connectivity index (χ4n) is 1.11. The molecule has 0 amide bonds. The van der Waals surface area contributed by atoms with Crippen LogP contribution in [0.2, 0.25) is 0 Å². The molecule has 0 aliphatic heterocycles. The molecule has 0 radical (unpaired) electrons. The largest absolute Gasteiger partial charge is 0.478 e. The lowest BCUT2D eigenvalue weighted by Gasteiger charge is -2.05. The zero-order valence-corrected chi connectivity index (χ0v) is 8.60. The molecule has 0 atom stereocenters. The fourth-order valence-corrected chi connectivity index (χ4v) is 1.11. The number of hydrogen-bond donors (Lipinski definition) is 3. The van der Waals surface area contributed by atoms with Crippen LogP contribution in [0.3, 0.4) is 0 Å². The van der Waals surface area contributed by atoms with Crippen molar-refractivity contribution in [2.75, 3.05) is 18.5 Å². The number of hydrogen-bond acceptors (Lipinski definition) is 4. The molecular weight excluding hydrogens is 208 g/mol. The van der Waals surface area contributed by atoms with E-state index in [4.69, 9.17) is 10.2 Å². The molecule has 0 saturated carbocycles. The van der Waals surface area contributed by atoms with Gasteiger partial charge < -0.3 is 15.5 Å². The van der Waals surface area contributed by atoms with Gasteiger partial charge in [-0.3, -0.25) is 0 Å². The first-order valence-corrected chi connectivity index (χ1v) is 4.74. The molecule has 0 aromatic carbocycles. The Morgan fingerprint density at radius 1 is 1.50 bits per heavy atom. The number of carboxylic acids is 1. The second-order valence-electron chi connectivity index (χ2n) is 2.89. The van der Waals surface area contributed by atoms with E-state index >= 15 is 0 Å². The van der Waals surface area contributed by atoms with Crippen LogP contribution in [0.4, 0.5) is 5.82 Å². The minimum Gasteiger partial charge on any atom is -0.478 e. The van der Waals surface area contributed by atoms with E-state index in [2.05, 4.69) is 22.1 Å². The smallest absolute Gasteiger partial charge is 0.339 e. The maximum atomic E-state index is 10.8. The third-order valence-electron chi connectivity index (χ3n) is 1.78. The van der Waals surface area contributed by atoms with Crippen LogP contribution in [0.15, 0.2) is 18.3 Å². The highest BCUT2D eigenvalue weighted by molar-refractivity contribution is 5.92. The summed E-state index contributed by atoms with van der Waals surface area (Å²) in [4.78, 5) is 14.7. The summed E-state index contributed by atoms with van der Waals surface area (Å²) in [6.07, 6.45) is 2.05. The van der Waals surface area contributed by atoms with Gasteiger partial charge in [0, 0.05) is 19.2 Å². The third-order valence-corrected chi connectivity index (χ3v) is 1.78. The van der Waals surface area contributed by atoms with Gasteiger partial charge in [-0.05, 0) is 12.1 Å². The number of pyridine rings is 1. The molecule has 0 spiro atoms. The molecule has 0 unspecified atom stereocenters. The van der Waals surface area contributed by atoms with Crippen molar-refractivity contribution in [1.29, 1.82) is 0 Å². The summed E-state index contributed by atoms with van der Waals surface area (Å²) in [5, 5.41) is 20.2. The zero-order chi connectivity index (χ0) is 11.8. The predicted molar refractivity (Wildman–Crippen MR) is 59.2 cm³/mol. The maximum absolute atomic E-state index is 10.8. The van der Waals surface area contributed by atoms with Crippen molar-refractivity contribution >= 4 is 11.8 Å². The van der Waals surface area contributed by atoms with E-state index in [1.165, 1.54) is 12.3 Å². The first-order chi connectivity index (χ1) is 7.75. The molecule has 0 saturated heterocycles. The molecule has 1 heterocycles. The minimum absolute atomic E-state index is 0.137. The van der Waals surface area contributed by atoms with Gasteiger partial charge in [0.2, 0.25) is 0 Å². The third kappa shape index (κ3) is 3.59. The summed E-state index contributed by atoms with van der Waals surface area (Å²) < 4.78 is 0. The van der Waals surface area contributed by atoms with Gasteiger partial charge in [0.25, 0.3) is 0 Å². The minimum atomic E-state index is -1.02. The van der Waals surface area contributed by atoms with Gasteiger partial charge in [0.1, 0.15) is 18.0 Å². The number of aliphatic hydroxyl groups is 1. The molecule has 0 aliphatic rings. The summed E-state index contributed by atoms with van der Waals surface area (Å²) >= 11 is 0. The highest BCUT2D eigenvalue weighted by Crippen LogP contribution is 2.10. The number of nitrogens with one attached hydrogen (secondary N) is 1. The van der Waals surface area contributed by atoms with Crippen molar-refractivity contribution in [1.82, 2.24) is 4.98 Å². The lowest BCUT2D eigenvalue weighted by molar-refractivity contribution is 0.0697. The van der Waals surface area contributed by atoms with Gasteiger partial charge in [-0.1, -0.05) is 11.8 Å². The van der Waals surface area contributed by atoms with Crippen LogP contribution >= 0.6 is 0 Å². The molecule has 0 aliphatic carbocycles. The maximum Gasteiger partial charge on any atom is 0.339 e. The summed E-state index contributed by atoms with van der Waals surface area (Å²) in [6.45, 7) is 0.328. The van der Waals surface area contributed by atoms with E-state index < -0.39 is 5.97 Å². The van der Waals surface area contributed by atoms with Gasteiger partial charge >= 0.3 is 5.97 Å². The van der Waals surface area contributed by atoms with E-state index in [1.54, 1.807) is 6.07 Å². The Kier molecular flexibility index (Phi) is 4.83. The zero-order valence-electron chi connectivity index (χ0n) is 8.60. The Morgan fingerprint density at radius 2 is 2.31 bits per heavy atom. The second-order valence-corrected chi connectivity index (χ2v) is 2.89. The van der Waals surface area contributed by atoms with Crippen LogP contribution in [0.1, 0.15) is 16.8 Å². The van der Waals surface area contributed by atoms with Crippen LogP contribution in [0.5, 0.6) is 0 Å². The summed E-state index contributed by atoms with van der Waals surface area (Å²) in [7, 11) is 0. The number of rotatable bonds is 4. The first-order valence-electron chi connectivity index (χ1n) is 4.74. The Bertz CT molecular complexity index is 421. The van der Waals surface area contributed by atoms with Gasteiger partial charge in [0.05, 0.1) is 0 Å². The van der Waals surface area contributed by atoms with Crippen LogP contribution in [-0.2, 0) is 0 Å². The van der Waals surface area contributed by atoms with Crippen molar-refractivity contribution in [3.63, 3.8) is 0 Å². The van der Waals surface area contributed by atoms with Crippen LogP contribution in [-0.4, -0.2) is 34.3 Å². The number of carboxylic acid groups (broad SMARTS) is 1. The van der Waals surface area contributed by atoms with Crippen molar-refractivity contribution in [2.45, 2.75) is 6.42 Å². The standard InChI is InChI=1S/C11H12N2O3/c14-8-3-1-2-6-12-10-9(11(15)16)5-4-7-13-10/h4-5,7,14H,2,6,8H2,(H,12,13)(H,15,16). The average molecular weight is 220 g/mol. The van der Waals surface area contributed by atoms with Gasteiger partial charge in [-0.25, -0.2) is 9.78 Å². The van der Waals surface area contributed by atoms with E-state index in [0.717, 1.165) is 0 Å². The molecule has 1 rings (SSSR count). The molecule has 5 heteroatoms. The van der Waals surface area contributed by atoms with Gasteiger partial charge in [0.15, 0.2) is 0 Å². The molecule has 3 N–H and O–H groups in total. The molecular formula is C11H12N2O3. The molecule has 1 aromatic rings. The number of aromatic nitrogens is 1. The number of aliphatic hydroxyl groups excluding tert-OH is 1. The topological polar surface area (TPSA) is 82.5 Å². The van der Waals surface area contributed by atoms with Crippen molar-refractivity contribution in [2.24, 2.45) is 0 Å². The number of aromatic carboxylic acids is 1. The van der Waals surface area contributed by atoms with Gasteiger partial charge in [-0.15, -0.1) is 0 Å². The van der Waals surface area contributed by atoms with E-state index in [0.29, 0.717) is 18.8 Å². The Morgan fingerprint density at radius 3 is 3.00 bits per heavy atom. The highest BCUT2D eigenvalue weighted by Gasteiger charge is 2.08. The SMILES string of the molecule is O=C(O)c1cccnc1NCCC#CCO. The number of carbonyl (C=O) groups is 1. The number of anilines is 1. The average Bonchev–Trinajstić information content (AvgIpc) is 2.29. The second kappa shape index (κ2) is 6.43. The molecule has 0 bridgehead atoms. The molecule has 5 nitrogen and oxygen atoms in total. The lowest BCUT2D eigenvalue weighted by Crippen LogP contribution is -2.08. The highest BCUT2D eigenvalue weighted by atomic mass is 16.4. The summed E-state index contributed by atoms with van der Waals surface area (Å²) in [5.41, 5.74) is 0.137. The Balaban J connectivity index is 2.56. The van der Waals surface area contributed by atoms with Crippen LogP contribution in [0, 0.1) is 11.8 Å². The molecule has 0 fully saturated rings. The molecule has 84 valence electrons. The van der Waals surface area contributed by atoms with Crippen LogP contribution in [0.25, 0.3) is 0 Å². The number of nitrogens with zero attached hydrogens (tertiary/aromatic N) is 1. The predicted octanol–water partition coefficient (Wildman–Crippen LogP) is 0.577. The fraction of sp³-hybridized carbons (Fsp3) is 0.273. The normalized spacial score (nSPS) is 9.06. The monoisotopic (exact) mass is 220 g/mol. The van der Waals surface area contributed by atoms with Crippen molar-refractivity contribution in [3.8, 4) is 11.8 Å². The quantitative estimate of drug-likeness (QED) is 0.510. The first kappa shape index (κ1) is 12.0. The Hall–Kier alpha value is -2.06. The van der Waals surface area contributed by atoms with Crippen LogP contribution < -0.4 is 5.32 Å². The molecule has 16 heavy (non-hydrogen) atoms. The molecule has 1 aromatic heterocycles. The summed E-state index contributed by atoms with van der Waals surface area (Å²) in [5.74, 6) is 4.53. The Labute approximate surface area is 93.1 Å². The van der Waals surface area contributed by atoms with Crippen molar-refractivity contribution < 1.29 is 15.0 Å². The lowest BCUT2D eigenvalue weighted by atomic mass is 10.2. The van der Waals surface area contributed by atoms with E-state index in [-0.39, 0.29) is 12.2 Å². The summed E-state index contributed by atoms with van der Waals surface area (Å²) in [6, 6.07) is 3.05. The van der Waals surface area contributed by atoms with E-state index in [9.17, 15) is 4.79 Å². The van der Waals surface area contributed by atoms with Crippen molar-refractivity contribution in [3.05, 3.63) is 23.9 Å². The van der Waals surface area contributed by atoms with Gasteiger partial charge in [-0.2, -0.15) is 0 Å². The van der Waals surface area contributed by atoms with E-state index in [1.807, 2.05) is 0 Å².